The topological polar surface area (TPSA) is 21.1 Å². The summed E-state index contributed by atoms with van der Waals surface area (Å²) in [5.41, 5.74) is 2.84. The molecular formula is C11H18BrN3. The number of likely N-dealkylation sites (N-methyl/N-ethyl adjacent to an activating group) is 1. The number of halogens is 1. The second-order valence-corrected chi connectivity index (χ2v) is 5.05. The zero-order valence-corrected chi connectivity index (χ0v) is 11.0. The lowest BCUT2D eigenvalue weighted by atomic mass is 10.2. The van der Waals surface area contributed by atoms with Crippen LogP contribution in [0.3, 0.4) is 0 Å². The Bertz CT molecular complexity index is 329. The van der Waals surface area contributed by atoms with Crippen LogP contribution in [0.1, 0.15) is 30.0 Å². The molecule has 0 bridgehead atoms. The molecule has 0 saturated heterocycles. The van der Waals surface area contributed by atoms with Crippen molar-refractivity contribution >= 4 is 15.9 Å². The summed E-state index contributed by atoms with van der Waals surface area (Å²) in [6.07, 6.45) is 4.69. The van der Waals surface area contributed by atoms with Crippen LogP contribution >= 0.6 is 15.9 Å². The van der Waals surface area contributed by atoms with Gasteiger partial charge in [0.1, 0.15) is 0 Å². The first-order valence-electron chi connectivity index (χ1n) is 5.47. The third-order valence-corrected chi connectivity index (χ3v) is 3.43. The largest absolute Gasteiger partial charge is 0.308 e. The van der Waals surface area contributed by atoms with Crippen LogP contribution in [-0.4, -0.2) is 35.3 Å². The molecule has 1 aromatic rings. The van der Waals surface area contributed by atoms with E-state index < -0.39 is 0 Å². The van der Waals surface area contributed by atoms with Gasteiger partial charge in [-0.1, -0.05) is 15.9 Å². The fourth-order valence-electron chi connectivity index (χ4n) is 1.84. The van der Waals surface area contributed by atoms with E-state index in [1.807, 2.05) is 6.20 Å². The van der Waals surface area contributed by atoms with Gasteiger partial charge in [-0.25, -0.2) is 0 Å². The summed E-state index contributed by atoms with van der Waals surface area (Å²) >= 11 is 3.53. The van der Waals surface area contributed by atoms with E-state index in [0.717, 1.165) is 24.3 Å². The van der Waals surface area contributed by atoms with E-state index in [2.05, 4.69) is 44.7 Å². The second-order valence-electron chi connectivity index (χ2n) is 4.49. The summed E-state index contributed by atoms with van der Waals surface area (Å²) in [6, 6.07) is 0. The maximum atomic E-state index is 4.48. The smallest absolute Gasteiger partial charge is 0.0539 e. The second kappa shape index (κ2) is 4.66. The quantitative estimate of drug-likeness (QED) is 0.766. The van der Waals surface area contributed by atoms with Crippen molar-refractivity contribution in [3.8, 4) is 0 Å². The fourth-order valence-corrected chi connectivity index (χ4v) is 2.27. The van der Waals surface area contributed by atoms with Crippen LogP contribution < -0.4 is 0 Å². The van der Waals surface area contributed by atoms with Crippen molar-refractivity contribution in [2.75, 3.05) is 20.6 Å². The van der Waals surface area contributed by atoms with Gasteiger partial charge in [0.05, 0.1) is 12.7 Å². The first kappa shape index (κ1) is 11.1. The van der Waals surface area contributed by atoms with Gasteiger partial charge in [0, 0.05) is 29.1 Å². The monoisotopic (exact) mass is 271 g/mol. The molecule has 1 fully saturated rings. The Balaban J connectivity index is 2.11. The molecule has 1 heterocycles. The predicted molar refractivity (Wildman–Crippen MR) is 65.4 cm³/mol. The molecule has 1 aliphatic carbocycles. The Labute approximate surface area is 99.6 Å². The van der Waals surface area contributed by atoms with Gasteiger partial charge in [0.2, 0.25) is 0 Å². The maximum Gasteiger partial charge on any atom is 0.0539 e. The van der Waals surface area contributed by atoms with Crippen molar-refractivity contribution in [3.63, 3.8) is 0 Å². The minimum absolute atomic E-state index is 0.780. The molecule has 0 radical (unpaired) electrons. The Kier molecular flexibility index (Phi) is 3.46. The summed E-state index contributed by atoms with van der Waals surface area (Å²) < 4.78 is 2.19. The Morgan fingerprint density at radius 3 is 2.80 bits per heavy atom. The first-order chi connectivity index (χ1) is 7.22. The molecule has 2 rings (SSSR count). The Morgan fingerprint density at radius 2 is 2.27 bits per heavy atom. The molecule has 84 valence electrons. The predicted octanol–water partition coefficient (Wildman–Crippen LogP) is 2.22. The highest BCUT2D eigenvalue weighted by molar-refractivity contribution is 9.08. The number of hydrogen-bond acceptors (Lipinski definition) is 2. The molecule has 1 saturated carbocycles. The third kappa shape index (κ3) is 2.61. The van der Waals surface area contributed by atoms with Gasteiger partial charge in [-0.05, 0) is 26.9 Å². The summed E-state index contributed by atoms with van der Waals surface area (Å²) in [5.74, 6) is 0.780. The Morgan fingerprint density at radius 1 is 1.53 bits per heavy atom. The van der Waals surface area contributed by atoms with E-state index in [1.165, 1.54) is 24.1 Å². The van der Waals surface area contributed by atoms with Crippen molar-refractivity contribution in [2.45, 2.75) is 30.6 Å². The van der Waals surface area contributed by atoms with Crippen LogP contribution in [0.25, 0.3) is 0 Å². The summed E-state index contributed by atoms with van der Waals surface area (Å²) in [6.45, 7) is 2.06. The van der Waals surface area contributed by atoms with Crippen LogP contribution in [0, 0.1) is 0 Å². The molecule has 0 spiro atoms. The molecule has 0 unspecified atom stereocenters. The van der Waals surface area contributed by atoms with Crippen LogP contribution in [0.2, 0.25) is 0 Å². The first-order valence-corrected chi connectivity index (χ1v) is 6.59. The minimum atomic E-state index is 0.780. The lowest BCUT2D eigenvalue weighted by Crippen LogP contribution is -2.20. The highest BCUT2D eigenvalue weighted by Gasteiger charge is 2.29. The molecule has 1 aliphatic rings. The normalized spacial score (nSPS) is 16.3. The van der Waals surface area contributed by atoms with E-state index >= 15 is 0 Å². The van der Waals surface area contributed by atoms with Crippen LogP contribution in [-0.2, 0) is 11.9 Å². The van der Waals surface area contributed by atoms with Gasteiger partial charge in [-0.15, -0.1) is 0 Å². The summed E-state index contributed by atoms with van der Waals surface area (Å²) in [7, 11) is 4.21. The molecule has 0 aromatic carbocycles. The molecule has 15 heavy (non-hydrogen) atoms. The molecule has 4 heteroatoms. The van der Waals surface area contributed by atoms with Crippen molar-refractivity contribution in [1.82, 2.24) is 14.7 Å². The highest BCUT2D eigenvalue weighted by Crippen LogP contribution is 2.42. The van der Waals surface area contributed by atoms with Gasteiger partial charge >= 0.3 is 0 Å². The van der Waals surface area contributed by atoms with E-state index in [9.17, 15) is 0 Å². The molecule has 0 aliphatic heterocycles. The zero-order valence-electron chi connectivity index (χ0n) is 9.41. The average molecular weight is 272 g/mol. The summed E-state index contributed by atoms with van der Waals surface area (Å²) in [5, 5.41) is 5.41. The van der Waals surface area contributed by atoms with Gasteiger partial charge in [0.15, 0.2) is 0 Å². The number of hydrogen-bond donors (Lipinski definition) is 0. The van der Waals surface area contributed by atoms with Crippen LogP contribution in [0.5, 0.6) is 0 Å². The molecule has 1 aromatic heterocycles. The van der Waals surface area contributed by atoms with Crippen molar-refractivity contribution in [2.24, 2.45) is 0 Å². The van der Waals surface area contributed by atoms with E-state index in [4.69, 9.17) is 0 Å². The lowest BCUT2D eigenvalue weighted by molar-refractivity contribution is 0.369. The molecular weight excluding hydrogens is 254 g/mol. The van der Waals surface area contributed by atoms with E-state index in [0.29, 0.717) is 0 Å². The standard InChI is InChI=1S/C11H18BrN3/c1-14(2)5-6-15-11(9-3-4-9)10(7-12)8-13-15/h8-9H,3-7H2,1-2H3. The minimum Gasteiger partial charge on any atom is -0.308 e. The number of aromatic nitrogens is 2. The van der Waals surface area contributed by atoms with E-state index in [-0.39, 0.29) is 0 Å². The van der Waals surface area contributed by atoms with Crippen molar-refractivity contribution in [1.29, 1.82) is 0 Å². The SMILES string of the molecule is CN(C)CCn1ncc(CBr)c1C1CC1. The zero-order chi connectivity index (χ0) is 10.8. The summed E-state index contributed by atoms with van der Waals surface area (Å²) in [4.78, 5) is 2.20. The Hall–Kier alpha value is -0.350. The van der Waals surface area contributed by atoms with Crippen molar-refractivity contribution < 1.29 is 0 Å². The van der Waals surface area contributed by atoms with Gasteiger partial charge in [-0.3, -0.25) is 4.68 Å². The number of rotatable bonds is 5. The highest BCUT2D eigenvalue weighted by atomic mass is 79.9. The van der Waals surface area contributed by atoms with Crippen LogP contribution in [0.15, 0.2) is 6.20 Å². The van der Waals surface area contributed by atoms with Gasteiger partial charge in [-0.2, -0.15) is 5.10 Å². The van der Waals surface area contributed by atoms with Gasteiger partial charge < -0.3 is 4.90 Å². The molecule has 3 nitrogen and oxygen atoms in total. The lowest BCUT2D eigenvalue weighted by Gasteiger charge is -2.12. The van der Waals surface area contributed by atoms with Crippen molar-refractivity contribution in [3.05, 3.63) is 17.5 Å². The average Bonchev–Trinajstić information content (AvgIpc) is 2.96. The fraction of sp³-hybridized carbons (Fsp3) is 0.727. The number of alkyl halides is 1. The van der Waals surface area contributed by atoms with E-state index in [1.54, 1.807) is 0 Å². The number of nitrogens with zero attached hydrogens (tertiary/aromatic N) is 3. The maximum absolute atomic E-state index is 4.48. The van der Waals surface area contributed by atoms with Crippen LogP contribution in [0.4, 0.5) is 0 Å². The molecule has 0 atom stereocenters. The third-order valence-electron chi connectivity index (χ3n) is 2.83. The molecule has 0 N–H and O–H groups in total. The molecule has 0 amide bonds. The van der Waals surface area contributed by atoms with Gasteiger partial charge in [0.25, 0.3) is 0 Å².